The summed E-state index contributed by atoms with van der Waals surface area (Å²) in [4.78, 5) is 0.937. The second-order valence-electron chi connectivity index (χ2n) is 7.14. The Morgan fingerprint density at radius 2 is 1.81 bits per heavy atom. The zero-order valence-electron chi connectivity index (χ0n) is 15.1. The highest BCUT2D eigenvalue weighted by atomic mass is 32.2. The fourth-order valence-corrected chi connectivity index (χ4v) is 4.58. The zero-order valence-corrected chi connectivity index (χ0v) is 16.7. The predicted molar refractivity (Wildman–Crippen MR) is 110 cm³/mol. The van der Waals surface area contributed by atoms with Gasteiger partial charge in [0, 0.05) is 5.75 Å². The molecule has 26 heavy (non-hydrogen) atoms. The van der Waals surface area contributed by atoms with Crippen LogP contribution in [0.3, 0.4) is 0 Å². The van der Waals surface area contributed by atoms with Crippen molar-refractivity contribution in [1.82, 2.24) is 14.6 Å². The number of hydrogen-bond donors (Lipinski definition) is 0. The Kier molecular flexibility index (Phi) is 4.63. The van der Waals surface area contributed by atoms with Crippen molar-refractivity contribution >= 4 is 38.3 Å². The number of fused-ring (bicyclic) bond motifs is 3. The van der Waals surface area contributed by atoms with Crippen molar-refractivity contribution in [2.45, 2.75) is 31.3 Å². The summed E-state index contributed by atoms with van der Waals surface area (Å²) >= 11 is 3.34. The van der Waals surface area contributed by atoms with E-state index in [-0.39, 0.29) is 5.41 Å². The lowest BCUT2D eigenvalue weighted by molar-refractivity contribution is 0.343. The molecule has 0 N–H and O–H groups in total. The van der Waals surface area contributed by atoms with Gasteiger partial charge in [0.05, 0.1) is 16.8 Å². The van der Waals surface area contributed by atoms with Gasteiger partial charge in [-0.2, -0.15) is 0 Å². The third kappa shape index (κ3) is 3.44. The lowest BCUT2D eigenvalue weighted by atomic mass is 9.87. The van der Waals surface area contributed by atoms with Gasteiger partial charge >= 0.3 is 0 Å². The van der Waals surface area contributed by atoms with Crippen LogP contribution < -0.4 is 4.74 Å². The maximum atomic E-state index is 5.88. The first-order valence-electron chi connectivity index (χ1n) is 8.61. The normalized spacial score (nSPS) is 12.1. The Morgan fingerprint density at radius 1 is 1.04 bits per heavy atom. The van der Waals surface area contributed by atoms with Crippen molar-refractivity contribution in [2.75, 3.05) is 12.4 Å². The van der Waals surface area contributed by atoms with Crippen LogP contribution in [-0.2, 0) is 5.41 Å². The summed E-state index contributed by atoms with van der Waals surface area (Å²) in [6, 6.07) is 16.7. The van der Waals surface area contributed by atoms with E-state index in [4.69, 9.17) is 4.74 Å². The van der Waals surface area contributed by atoms with Crippen molar-refractivity contribution < 1.29 is 4.74 Å². The molecule has 2 heterocycles. The number of rotatable bonds is 5. The molecule has 6 heteroatoms. The van der Waals surface area contributed by atoms with Crippen molar-refractivity contribution in [1.29, 1.82) is 0 Å². The SMILES string of the molecule is CC(C)(C)c1ccc(OCCSc2nnc3sc4ccccc4n23)cc1. The quantitative estimate of drug-likeness (QED) is 0.341. The summed E-state index contributed by atoms with van der Waals surface area (Å²) in [7, 11) is 0. The molecule has 2 aromatic carbocycles. The van der Waals surface area contributed by atoms with Crippen molar-refractivity contribution in [3.8, 4) is 5.75 Å². The monoisotopic (exact) mass is 383 g/mol. The zero-order chi connectivity index (χ0) is 18.1. The Labute approximate surface area is 161 Å². The summed E-state index contributed by atoms with van der Waals surface area (Å²) < 4.78 is 9.24. The first kappa shape index (κ1) is 17.4. The van der Waals surface area contributed by atoms with E-state index in [0.717, 1.165) is 21.6 Å². The maximum absolute atomic E-state index is 5.88. The molecule has 134 valence electrons. The summed E-state index contributed by atoms with van der Waals surface area (Å²) in [5, 5.41) is 9.54. The van der Waals surface area contributed by atoms with Crippen LogP contribution in [0.4, 0.5) is 0 Å². The lowest BCUT2D eigenvalue weighted by Gasteiger charge is -2.19. The van der Waals surface area contributed by atoms with E-state index < -0.39 is 0 Å². The summed E-state index contributed by atoms with van der Waals surface area (Å²) in [5.41, 5.74) is 2.64. The standard InChI is InChI=1S/C20H21N3OS2/c1-20(2,3)14-8-10-15(11-9-14)24-12-13-25-18-21-22-19-23(18)16-6-4-5-7-17(16)26-19/h4-11H,12-13H2,1-3H3. The summed E-state index contributed by atoms with van der Waals surface area (Å²) in [6.45, 7) is 7.28. The molecule has 2 aromatic heterocycles. The van der Waals surface area contributed by atoms with Crippen LogP contribution >= 0.6 is 23.1 Å². The molecule has 0 atom stereocenters. The van der Waals surface area contributed by atoms with Crippen molar-refractivity contribution in [3.63, 3.8) is 0 Å². The van der Waals surface area contributed by atoms with E-state index in [1.807, 2.05) is 18.2 Å². The van der Waals surface area contributed by atoms with Gasteiger partial charge in [-0.3, -0.25) is 4.40 Å². The van der Waals surface area contributed by atoms with Gasteiger partial charge in [-0.15, -0.1) is 10.2 Å². The maximum Gasteiger partial charge on any atom is 0.217 e. The molecule has 0 spiro atoms. The molecular formula is C20H21N3OS2. The van der Waals surface area contributed by atoms with Gasteiger partial charge in [-0.05, 0) is 35.2 Å². The predicted octanol–water partition coefficient (Wildman–Crippen LogP) is 5.41. The molecule has 4 aromatic rings. The van der Waals surface area contributed by atoms with E-state index >= 15 is 0 Å². The number of thiazole rings is 1. The third-order valence-corrected chi connectivity index (χ3v) is 6.12. The molecule has 0 amide bonds. The molecular weight excluding hydrogens is 362 g/mol. The van der Waals surface area contributed by atoms with Gasteiger partial charge in [0.1, 0.15) is 5.75 Å². The Hall–Kier alpha value is -2.05. The average Bonchev–Trinajstić information content (AvgIpc) is 3.18. The minimum atomic E-state index is 0.163. The molecule has 4 rings (SSSR count). The second-order valence-corrected chi connectivity index (χ2v) is 9.21. The Balaban J connectivity index is 1.39. The molecule has 0 bridgehead atoms. The van der Waals surface area contributed by atoms with Gasteiger partial charge in [0.2, 0.25) is 4.96 Å². The van der Waals surface area contributed by atoms with Crippen LogP contribution in [-0.4, -0.2) is 27.0 Å². The van der Waals surface area contributed by atoms with Gasteiger partial charge < -0.3 is 4.74 Å². The van der Waals surface area contributed by atoms with Crippen molar-refractivity contribution in [2.24, 2.45) is 0 Å². The largest absolute Gasteiger partial charge is 0.493 e. The fourth-order valence-electron chi connectivity index (χ4n) is 2.79. The first-order chi connectivity index (χ1) is 12.5. The highest BCUT2D eigenvalue weighted by Gasteiger charge is 2.14. The van der Waals surface area contributed by atoms with Gasteiger partial charge in [-0.25, -0.2) is 0 Å². The smallest absolute Gasteiger partial charge is 0.217 e. The first-order valence-corrected chi connectivity index (χ1v) is 10.4. The fraction of sp³-hybridized carbons (Fsp3) is 0.300. The van der Waals surface area contributed by atoms with Crippen LogP contribution in [0.25, 0.3) is 15.2 Å². The molecule has 0 aliphatic heterocycles. The second kappa shape index (κ2) is 6.93. The number of para-hydroxylation sites is 1. The van der Waals surface area contributed by atoms with Crippen LogP contribution in [0.2, 0.25) is 0 Å². The number of thioether (sulfide) groups is 1. The van der Waals surface area contributed by atoms with Crippen LogP contribution in [0.1, 0.15) is 26.3 Å². The molecule has 0 unspecified atom stereocenters. The summed E-state index contributed by atoms with van der Waals surface area (Å²) in [6.07, 6.45) is 0. The van der Waals surface area contributed by atoms with E-state index in [2.05, 4.69) is 65.7 Å². The van der Waals surface area contributed by atoms with Crippen LogP contribution in [0, 0.1) is 0 Å². The minimum Gasteiger partial charge on any atom is -0.493 e. The highest BCUT2D eigenvalue weighted by molar-refractivity contribution is 7.99. The molecule has 4 nitrogen and oxygen atoms in total. The van der Waals surface area contributed by atoms with Crippen molar-refractivity contribution in [3.05, 3.63) is 54.1 Å². The van der Waals surface area contributed by atoms with Crippen LogP contribution in [0.15, 0.2) is 53.7 Å². The van der Waals surface area contributed by atoms with E-state index in [0.29, 0.717) is 6.61 Å². The molecule has 0 aliphatic carbocycles. The highest BCUT2D eigenvalue weighted by Crippen LogP contribution is 2.29. The molecule has 0 saturated heterocycles. The number of aromatic nitrogens is 3. The van der Waals surface area contributed by atoms with E-state index in [9.17, 15) is 0 Å². The Bertz CT molecular complexity index is 1030. The van der Waals surface area contributed by atoms with Crippen LogP contribution in [0.5, 0.6) is 5.75 Å². The van der Waals surface area contributed by atoms with Gasteiger partial charge in [0.25, 0.3) is 0 Å². The van der Waals surface area contributed by atoms with E-state index in [1.165, 1.54) is 15.8 Å². The van der Waals surface area contributed by atoms with Gasteiger partial charge in [-0.1, -0.05) is 68.1 Å². The molecule has 0 aliphatic rings. The number of ether oxygens (including phenoxy) is 1. The number of nitrogens with zero attached hydrogens (tertiary/aromatic N) is 3. The number of hydrogen-bond acceptors (Lipinski definition) is 5. The lowest BCUT2D eigenvalue weighted by Crippen LogP contribution is -2.10. The average molecular weight is 384 g/mol. The van der Waals surface area contributed by atoms with Gasteiger partial charge in [0.15, 0.2) is 5.16 Å². The number of benzene rings is 2. The topological polar surface area (TPSA) is 39.4 Å². The minimum absolute atomic E-state index is 0.163. The van der Waals surface area contributed by atoms with E-state index in [1.54, 1.807) is 23.1 Å². The Morgan fingerprint density at radius 3 is 2.58 bits per heavy atom. The summed E-state index contributed by atoms with van der Waals surface area (Å²) in [5.74, 6) is 1.73. The molecule has 0 saturated carbocycles. The molecule has 0 fully saturated rings. The molecule has 0 radical (unpaired) electrons. The third-order valence-electron chi connectivity index (χ3n) is 4.21.